The number of amides is 1. The molecule has 6 nitrogen and oxygen atoms in total. The standard InChI is InChI=1S/C27H22N2O4/c1-16-12-22-25(26-24(16)21(15-32-26)19-6-4-3-5-7-19)17(2)20(27(31)33-22)13-23(30)29-14-18-8-10-28-11-9-18/h3-12,15H,13-14H2,1-2H3,(H,29,30). The summed E-state index contributed by atoms with van der Waals surface area (Å²) in [5.41, 5.74) is 5.54. The SMILES string of the molecule is Cc1cc2oc(=O)c(CC(=O)NCc3ccncc3)c(C)c2c2occ(-c3ccccc3)c12. The molecule has 6 heteroatoms. The summed E-state index contributed by atoms with van der Waals surface area (Å²) in [5.74, 6) is -0.255. The van der Waals surface area contributed by atoms with E-state index in [1.807, 2.05) is 62.4 Å². The highest BCUT2D eigenvalue weighted by Gasteiger charge is 2.21. The highest BCUT2D eigenvalue weighted by Crippen LogP contribution is 2.38. The lowest BCUT2D eigenvalue weighted by molar-refractivity contribution is -0.120. The molecule has 1 N–H and O–H groups in total. The fourth-order valence-corrected chi connectivity index (χ4v) is 4.25. The van der Waals surface area contributed by atoms with Crippen molar-refractivity contribution < 1.29 is 13.6 Å². The normalized spacial score (nSPS) is 11.2. The molecule has 0 saturated heterocycles. The zero-order valence-corrected chi connectivity index (χ0v) is 18.3. The van der Waals surface area contributed by atoms with Crippen LogP contribution in [0.3, 0.4) is 0 Å². The Hall–Kier alpha value is -4.19. The first-order valence-electron chi connectivity index (χ1n) is 10.7. The largest absolute Gasteiger partial charge is 0.463 e. The molecule has 3 heterocycles. The van der Waals surface area contributed by atoms with Crippen LogP contribution in [0.5, 0.6) is 0 Å². The van der Waals surface area contributed by atoms with Gasteiger partial charge in [0.2, 0.25) is 5.91 Å². The van der Waals surface area contributed by atoms with E-state index >= 15 is 0 Å². The lowest BCUT2D eigenvalue weighted by Crippen LogP contribution is -2.27. The second-order valence-corrected chi connectivity index (χ2v) is 8.09. The molecule has 0 bridgehead atoms. The van der Waals surface area contributed by atoms with Gasteiger partial charge in [-0.25, -0.2) is 4.79 Å². The van der Waals surface area contributed by atoms with Crippen molar-refractivity contribution in [2.24, 2.45) is 0 Å². The minimum Gasteiger partial charge on any atom is -0.463 e. The van der Waals surface area contributed by atoms with Crippen molar-refractivity contribution in [3.63, 3.8) is 0 Å². The number of aromatic nitrogens is 1. The Kier molecular flexibility index (Phi) is 5.26. The molecular weight excluding hydrogens is 416 g/mol. The predicted octanol–water partition coefficient (Wildman–Crippen LogP) is 5.08. The van der Waals surface area contributed by atoms with Crippen molar-refractivity contribution >= 4 is 27.8 Å². The van der Waals surface area contributed by atoms with E-state index in [1.165, 1.54) is 0 Å². The van der Waals surface area contributed by atoms with E-state index in [0.29, 0.717) is 34.2 Å². The van der Waals surface area contributed by atoms with Crippen LogP contribution in [-0.2, 0) is 17.8 Å². The van der Waals surface area contributed by atoms with Gasteiger partial charge in [0.15, 0.2) is 0 Å². The molecule has 0 aliphatic rings. The second kappa shape index (κ2) is 8.39. The molecule has 5 rings (SSSR count). The fourth-order valence-electron chi connectivity index (χ4n) is 4.25. The summed E-state index contributed by atoms with van der Waals surface area (Å²) in [6.45, 7) is 4.17. The average molecular weight is 438 g/mol. The van der Waals surface area contributed by atoms with Gasteiger partial charge in [-0.1, -0.05) is 30.3 Å². The molecule has 1 amide bonds. The number of rotatable bonds is 5. The maximum Gasteiger partial charge on any atom is 0.340 e. The van der Waals surface area contributed by atoms with Crippen LogP contribution >= 0.6 is 0 Å². The van der Waals surface area contributed by atoms with Gasteiger partial charge in [-0.2, -0.15) is 0 Å². The Labute approximate surface area is 189 Å². The van der Waals surface area contributed by atoms with Crippen LogP contribution in [0, 0.1) is 13.8 Å². The minimum absolute atomic E-state index is 0.0726. The molecular formula is C27H22N2O4. The third-order valence-corrected chi connectivity index (χ3v) is 5.94. The van der Waals surface area contributed by atoms with Crippen LogP contribution in [0.4, 0.5) is 0 Å². The van der Waals surface area contributed by atoms with Gasteiger partial charge in [-0.05, 0) is 54.3 Å². The van der Waals surface area contributed by atoms with Gasteiger partial charge in [0.25, 0.3) is 0 Å². The number of furan rings is 1. The Balaban J connectivity index is 1.56. The van der Waals surface area contributed by atoms with Crippen molar-refractivity contribution in [2.75, 3.05) is 0 Å². The molecule has 33 heavy (non-hydrogen) atoms. The molecule has 5 aromatic rings. The van der Waals surface area contributed by atoms with Gasteiger partial charge in [0, 0.05) is 29.9 Å². The van der Waals surface area contributed by atoms with Gasteiger partial charge in [-0.15, -0.1) is 0 Å². The summed E-state index contributed by atoms with van der Waals surface area (Å²) >= 11 is 0. The number of hydrogen-bond donors (Lipinski definition) is 1. The van der Waals surface area contributed by atoms with Crippen LogP contribution in [0.2, 0.25) is 0 Å². The monoisotopic (exact) mass is 438 g/mol. The van der Waals surface area contributed by atoms with Crippen LogP contribution in [0.15, 0.2) is 80.8 Å². The molecule has 0 fully saturated rings. The lowest BCUT2D eigenvalue weighted by Gasteiger charge is -2.10. The minimum atomic E-state index is -0.507. The van der Waals surface area contributed by atoms with Crippen molar-refractivity contribution in [3.8, 4) is 11.1 Å². The van der Waals surface area contributed by atoms with Crippen molar-refractivity contribution in [3.05, 3.63) is 99.9 Å². The Morgan fingerprint density at radius 3 is 2.55 bits per heavy atom. The van der Waals surface area contributed by atoms with Crippen LogP contribution in [-0.4, -0.2) is 10.9 Å². The third-order valence-electron chi connectivity index (χ3n) is 5.94. The van der Waals surface area contributed by atoms with Crippen LogP contribution in [0.1, 0.15) is 22.3 Å². The lowest BCUT2D eigenvalue weighted by atomic mass is 9.96. The number of hydrogen-bond acceptors (Lipinski definition) is 5. The fraction of sp³-hybridized carbons (Fsp3) is 0.148. The number of nitrogens with zero attached hydrogens (tertiary/aromatic N) is 1. The van der Waals surface area contributed by atoms with Gasteiger partial charge in [0.05, 0.1) is 23.6 Å². The number of fused-ring (bicyclic) bond motifs is 3. The number of aryl methyl sites for hydroxylation is 2. The van der Waals surface area contributed by atoms with Crippen LogP contribution in [0.25, 0.3) is 33.1 Å². The summed E-state index contributed by atoms with van der Waals surface area (Å²) < 4.78 is 11.7. The van der Waals surface area contributed by atoms with Gasteiger partial charge in [0.1, 0.15) is 11.2 Å². The Morgan fingerprint density at radius 1 is 1.03 bits per heavy atom. The Bertz CT molecular complexity index is 1530. The van der Waals surface area contributed by atoms with E-state index in [4.69, 9.17) is 8.83 Å². The maximum atomic E-state index is 12.8. The number of nitrogens with one attached hydrogen (secondary N) is 1. The summed E-state index contributed by atoms with van der Waals surface area (Å²) in [6.07, 6.45) is 5.00. The zero-order valence-electron chi connectivity index (χ0n) is 18.3. The first-order chi connectivity index (χ1) is 16.0. The first kappa shape index (κ1) is 20.7. The average Bonchev–Trinajstić information content (AvgIpc) is 3.27. The van der Waals surface area contributed by atoms with Crippen molar-refractivity contribution in [1.82, 2.24) is 10.3 Å². The number of carbonyl (C=O) groups is 1. The highest BCUT2D eigenvalue weighted by molar-refractivity contribution is 6.11. The topological polar surface area (TPSA) is 85.3 Å². The number of carbonyl (C=O) groups excluding carboxylic acids is 1. The molecule has 2 aromatic carbocycles. The second-order valence-electron chi connectivity index (χ2n) is 8.09. The summed E-state index contributed by atoms with van der Waals surface area (Å²) in [4.78, 5) is 29.3. The molecule has 164 valence electrons. The molecule has 0 aliphatic carbocycles. The molecule has 0 spiro atoms. The van der Waals surface area contributed by atoms with Crippen LogP contribution < -0.4 is 10.9 Å². The molecule has 3 aromatic heterocycles. The maximum absolute atomic E-state index is 12.8. The Morgan fingerprint density at radius 2 is 1.79 bits per heavy atom. The summed E-state index contributed by atoms with van der Waals surface area (Å²) in [7, 11) is 0. The predicted molar refractivity (Wildman–Crippen MR) is 127 cm³/mol. The van der Waals surface area contributed by atoms with Gasteiger partial charge in [-0.3, -0.25) is 9.78 Å². The smallest absolute Gasteiger partial charge is 0.340 e. The number of pyridine rings is 1. The number of benzene rings is 2. The molecule has 0 unspecified atom stereocenters. The highest BCUT2D eigenvalue weighted by atomic mass is 16.4. The molecule has 0 radical (unpaired) electrons. The van der Waals surface area contributed by atoms with Crippen molar-refractivity contribution in [2.45, 2.75) is 26.8 Å². The van der Waals surface area contributed by atoms with E-state index in [2.05, 4.69) is 10.3 Å². The summed E-state index contributed by atoms with van der Waals surface area (Å²) in [5, 5.41) is 4.54. The molecule has 0 saturated carbocycles. The first-order valence-corrected chi connectivity index (χ1v) is 10.7. The van der Waals surface area contributed by atoms with Gasteiger partial charge < -0.3 is 14.2 Å². The van der Waals surface area contributed by atoms with Gasteiger partial charge >= 0.3 is 5.63 Å². The van der Waals surface area contributed by atoms with E-state index in [-0.39, 0.29) is 12.3 Å². The zero-order chi connectivity index (χ0) is 22.9. The quantitative estimate of drug-likeness (QED) is 0.387. The van der Waals surface area contributed by atoms with E-state index in [0.717, 1.165) is 27.6 Å². The van der Waals surface area contributed by atoms with E-state index in [1.54, 1.807) is 18.7 Å². The van der Waals surface area contributed by atoms with Crippen molar-refractivity contribution in [1.29, 1.82) is 0 Å². The molecule has 0 aliphatic heterocycles. The summed E-state index contributed by atoms with van der Waals surface area (Å²) in [6, 6.07) is 15.5. The molecule has 0 atom stereocenters. The van der Waals surface area contributed by atoms with E-state index in [9.17, 15) is 9.59 Å². The third kappa shape index (κ3) is 3.80. The van der Waals surface area contributed by atoms with E-state index < -0.39 is 5.63 Å².